The molecule has 1 aliphatic carbocycles. The second-order valence-electron chi connectivity index (χ2n) is 5.12. The van der Waals surface area contributed by atoms with Gasteiger partial charge in [0.1, 0.15) is 0 Å². The van der Waals surface area contributed by atoms with Gasteiger partial charge in [0, 0.05) is 16.2 Å². The van der Waals surface area contributed by atoms with Gasteiger partial charge in [0.15, 0.2) is 0 Å². The molecule has 1 fully saturated rings. The van der Waals surface area contributed by atoms with Gasteiger partial charge in [0.05, 0.1) is 12.0 Å². The summed E-state index contributed by atoms with van der Waals surface area (Å²) in [5.41, 5.74) is 1.11. The number of nitrogens with zero attached hydrogens (tertiary/aromatic N) is 1. The molecule has 2 unspecified atom stereocenters. The molecule has 1 N–H and O–H groups in total. The third-order valence-electron chi connectivity index (χ3n) is 3.84. The van der Waals surface area contributed by atoms with Crippen LogP contribution in [0.4, 0.5) is 5.69 Å². The maximum absolute atomic E-state index is 9.12. The molecule has 19 heavy (non-hydrogen) atoms. The van der Waals surface area contributed by atoms with Crippen LogP contribution >= 0.6 is 15.9 Å². The normalized spacial score (nSPS) is 22.3. The molecule has 3 rings (SSSR count). The fourth-order valence-electron chi connectivity index (χ4n) is 2.81. The topological polar surface area (TPSA) is 35.8 Å². The third kappa shape index (κ3) is 2.59. The molecule has 0 radical (unpaired) electrons. The van der Waals surface area contributed by atoms with Crippen LogP contribution < -0.4 is 5.32 Å². The Balaban J connectivity index is 1.86. The van der Waals surface area contributed by atoms with Crippen LogP contribution in [-0.4, -0.2) is 6.04 Å². The van der Waals surface area contributed by atoms with E-state index in [1.807, 2.05) is 0 Å². The lowest BCUT2D eigenvalue weighted by atomic mass is 10.0. The highest BCUT2D eigenvalue weighted by Crippen LogP contribution is 2.29. The Morgan fingerprint density at radius 3 is 2.74 bits per heavy atom. The van der Waals surface area contributed by atoms with Crippen LogP contribution in [0.3, 0.4) is 0 Å². The van der Waals surface area contributed by atoms with E-state index in [0.717, 1.165) is 29.4 Å². The van der Waals surface area contributed by atoms with Crippen molar-refractivity contribution in [2.45, 2.75) is 25.3 Å². The first-order valence-electron chi connectivity index (χ1n) is 6.62. The van der Waals surface area contributed by atoms with E-state index in [-0.39, 0.29) is 5.92 Å². The molecule has 0 bridgehead atoms. The van der Waals surface area contributed by atoms with Crippen molar-refractivity contribution in [2.24, 2.45) is 5.92 Å². The number of fused-ring (bicyclic) bond motifs is 1. The van der Waals surface area contributed by atoms with Crippen LogP contribution in [0.1, 0.15) is 19.3 Å². The van der Waals surface area contributed by atoms with E-state index in [0.29, 0.717) is 6.04 Å². The van der Waals surface area contributed by atoms with E-state index < -0.39 is 0 Å². The van der Waals surface area contributed by atoms with Gasteiger partial charge in [-0.05, 0) is 54.3 Å². The summed E-state index contributed by atoms with van der Waals surface area (Å²) in [6.45, 7) is 0. The van der Waals surface area contributed by atoms with E-state index in [2.05, 4.69) is 63.7 Å². The summed E-state index contributed by atoms with van der Waals surface area (Å²) >= 11 is 3.49. The summed E-state index contributed by atoms with van der Waals surface area (Å²) in [7, 11) is 0. The molecule has 3 heteroatoms. The highest BCUT2D eigenvalue weighted by Gasteiger charge is 2.26. The summed E-state index contributed by atoms with van der Waals surface area (Å²) in [4.78, 5) is 0. The zero-order chi connectivity index (χ0) is 13.2. The van der Waals surface area contributed by atoms with Gasteiger partial charge in [-0.3, -0.25) is 0 Å². The predicted molar refractivity (Wildman–Crippen MR) is 82.0 cm³/mol. The van der Waals surface area contributed by atoms with Crippen LogP contribution in [0.25, 0.3) is 10.8 Å². The molecule has 1 saturated carbocycles. The molecule has 0 heterocycles. The van der Waals surface area contributed by atoms with E-state index in [9.17, 15) is 0 Å². The smallest absolute Gasteiger partial charge is 0.0677 e. The molecule has 2 aromatic carbocycles. The Kier molecular flexibility index (Phi) is 3.44. The number of hydrogen-bond acceptors (Lipinski definition) is 2. The number of rotatable bonds is 2. The van der Waals surface area contributed by atoms with Crippen LogP contribution in [0.15, 0.2) is 40.9 Å². The summed E-state index contributed by atoms with van der Waals surface area (Å²) in [5.74, 6) is 0.153. The molecular weight excluding hydrogens is 300 g/mol. The van der Waals surface area contributed by atoms with Crippen molar-refractivity contribution in [2.75, 3.05) is 5.32 Å². The lowest BCUT2D eigenvalue weighted by Crippen LogP contribution is -2.22. The Hall–Kier alpha value is -1.53. The summed E-state index contributed by atoms with van der Waals surface area (Å²) in [5, 5.41) is 15.1. The summed E-state index contributed by atoms with van der Waals surface area (Å²) < 4.78 is 1.10. The van der Waals surface area contributed by atoms with Gasteiger partial charge in [0.25, 0.3) is 0 Å². The van der Waals surface area contributed by atoms with Gasteiger partial charge in [-0.15, -0.1) is 0 Å². The van der Waals surface area contributed by atoms with Crippen molar-refractivity contribution in [3.63, 3.8) is 0 Å². The number of nitriles is 1. The lowest BCUT2D eigenvalue weighted by molar-refractivity contribution is 0.630. The van der Waals surface area contributed by atoms with Crippen LogP contribution in [0, 0.1) is 17.2 Å². The van der Waals surface area contributed by atoms with Crippen molar-refractivity contribution in [1.29, 1.82) is 5.26 Å². The zero-order valence-electron chi connectivity index (χ0n) is 10.6. The number of nitrogens with one attached hydrogen (secondary N) is 1. The first kappa shape index (κ1) is 12.5. The van der Waals surface area contributed by atoms with E-state index >= 15 is 0 Å². The molecule has 1 aliphatic rings. The van der Waals surface area contributed by atoms with Gasteiger partial charge in [-0.25, -0.2) is 0 Å². The van der Waals surface area contributed by atoms with Crippen molar-refractivity contribution in [1.82, 2.24) is 0 Å². The van der Waals surface area contributed by atoms with Gasteiger partial charge in [0.2, 0.25) is 0 Å². The van der Waals surface area contributed by atoms with Gasteiger partial charge in [-0.1, -0.05) is 28.1 Å². The van der Waals surface area contributed by atoms with Crippen molar-refractivity contribution >= 4 is 32.4 Å². The minimum atomic E-state index is 0.153. The zero-order valence-corrected chi connectivity index (χ0v) is 12.2. The molecule has 2 atom stereocenters. The second-order valence-corrected chi connectivity index (χ2v) is 6.04. The molecule has 0 amide bonds. The van der Waals surface area contributed by atoms with Crippen LogP contribution in [0.5, 0.6) is 0 Å². The molecule has 0 aliphatic heterocycles. The Labute approximate surface area is 121 Å². The Morgan fingerprint density at radius 2 is 1.89 bits per heavy atom. The minimum absolute atomic E-state index is 0.153. The molecule has 0 aromatic heterocycles. The lowest BCUT2D eigenvalue weighted by Gasteiger charge is -2.17. The second kappa shape index (κ2) is 5.22. The Morgan fingerprint density at radius 1 is 1.11 bits per heavy atom. The van der Waals surface area contributed by atoms with Crippen molar-refractivity contribution in [3.8, 4) is 6.07 Å². The standard InChI is InChI=1S/C16H15BrN2/c17-14-6-4-12-9-15(7-5-11(12)8-14)19-16-3-1-2-13(16)10-18/h4-9,13,16,19H,1-3H2. The quantitative estimate of drug-likeness (QED) is 0.871. The number of anilines is 1. The maximum Gasteiger partial charge on any atom is 0.0677 e. The molecule has 0 spiro atoms. The number of benzene rings is 2. The van der Waals surface area contributed by atoms with Crippen molar-refractivity contribution in [3.05, 3.63) is 40.9 Å². The minimum Gasteiger partial charge on any atom is -0.381 e. The molecule has 96 valence electrons. The van der Waals surface area contributed by atoms with E-state index in [1.54, 1.807) is 0 Å². The van der Waals surface area contributed by atoms with Crippen LogP contribution in [-0.2, 0) is 0 Å². The van der Waals surface area contributed by atoms with Gasteiger partial charge >= 0.3 is 0 Å². The predicted octanol–water partition coefficient (Wildman–Crippen LogP) is 4.71. The SMILES string of the molecule is N#CC1CCCC1Nc1ccc2cc(Br)ccc2c1. The van der Waals surface area contributed by atoms with Gasteiger partial charge in [-0.2, -0.15) is 5.26 Å². The maximum atomic E-state index is 9.12. The summed E-state index contributed by atoms with van der Waals surface area (Å²) in [6.07, 6.45) is 3.27. The van der Waals surface area contributed by atoms with Crippen LogP contribution in [0.2, 0.25) is 0 Å². The highest BCUT2D eigenvalue weighted by atomic mass is 79.9. The van der Waals surface area contributed by atoms with Crippen molar-refractivity contribution < 1.29 is 0 Å². The average molecular weight is 315 g/mol. The monoisotopic (exact) mass is 314 g/mol. The Bertz CT molecular complexity index is 645. The molecular formula is C16H15BrN2. The van der Waals surface area contributed by atoms with Gasteiger partial charge < -0.3 is 5.32 Å². The molecule has 2 aromatic rings. The van der Waals surface area contributed by atoms with E-state index in [4.69, 9.17) is 5.26 Å². The molecule has 2 nitrogen and oxygen atoms in total. The number of halogens is 1. The fraction of sp³-hybridized carbons (Fsp3) is 0.312. The first-order chi connectivity index (χ1) is 9.26. The number of hydrogen-bond donors (Lipinski definition) is 1. The van der Waals surface area contributed by atoms with E-state index in [1.165, 1.54) is 10.8 Å². The largest absolute Gasteiger partial charge is 0.381 e. The summed E-state index contributed by atoms with van der Waals surface area (Å²) in [6, 6.07) is 15.4. The fourth-order valence-corrected chi connectivity index (χ4v) is 3.19. The first-order valence-corrected chi connectivity index (χ1v) is 7.41. The third-order valence-corrected chi connectivity index (χ3v) is 4.33. The highest BCUT2D eigenvalue weighted by molar-refractivity contribution is 9.10. The molecule has 0 saturated heterocycles. The average Bonchev–Trinajstić information content (AvgIpc) is 2.86.